The van der Waals surface area contributed by atoms with Crippen molar-refractivity contribution in [3.8, 4) is 0 Å². The average molecular weight is 337 g/mol. The SMILES string of the molecule is NS(=O)(=O)CC1CC(=O)N(Cc2cccc(Cl)c2Cl)C1. The summed E-state index contributed by atoms with van der Waals surface area (Å²) in [5.74, 6) is -0.552. The van der Waals surface area contributed by atoms with E-state index in [1.807, 2.05) is 0 Å². The van der Waals surface area contributed by atoms with E-state index in [2.05, 4.69) is 0 Å². The second kappa shape index (κ2) is 5.89. The van der Waals surface area contributed by atoms with E-state index >= 15 is 0 Å². The largest absolute Gasteiger partial charge is 0.338 e. The Morgan fingerprint density at radius 1 is 1.35 bits per heavy atom. The van der Waals surface area contributed by atoms with Crippen LogP contribution in [0.5, 0.6) is 0 Å². The first kappa shape index (κ1) is 15.6. The van der Waals surface area contributed by atoms with Gasteiger partial charge in [-0.2, -0.15) is 0 Å². The summed E-state index contributed by atoms with van der Waals surface area (Å²) in [6.07, 6.45) is 0.189. The lowest BCUT2D eigenvalue weighted by Gasteiger charge is -2.17. The summed E-state index contributed by atoms with van der Waals surface area (Å²) in [6.45, 7) is 0.678. The highest BCUT2D eigenvalue weighted by Gasteiger charge is 2.32. The summed E-state index contributed by atoms with van der Waals surface area (Å²) in [7, 11) is -3.57. The molecule has 0 aliphatic carbocycles. The molecule has 1 heterocycles. The molecule has 1 amide bonds. The van der Waals surface area contributed by atoms with Crippen LogP contribution in [0.15, 0.2) is 18.2 Å². The number of hydrogen-bond donors (Lipinski definition) is 1. The van der Waals surface area contributed by atoms with Crippen molar-refractivity contribution in [2.75, 3.05) is 12.3 Å². The summed E-state index contributed by atoms with van der Waals surface area (Å²) < 4.78 is 22.1. The smallest absolute Gasteiger partial charge is 0.223 e. The maximum atomic E-state index is 11.9. The Morgan fingerprint density at radius 2 is 2.05 bits per heavy atom. The Labute approximate surface area is 127 Å². The number of likely N-dealkylation sites (tertiary alicyclic amines) is 1. The third-order valence-corrected chi connectivity index (χ3v) is 4.95. The molecule has 0 radical (unpaired) electrons. The van der Waals surface area contributed by atoms with Crippen LogP contribution in [0.25, 0.3) is 0 Å². The van der Waals surface area contributed by atoms with Gasteiger partial charge in [0.2, 0.25) is 15.9 Å². The molecule has 1 aromatic rings. The predicted molar refractivity (Wildman–Crippen MR) is 78.0 cm³/mol. The van der Waals surface area contributed by atoms with E-state index in [0.29, 0.717) is 23.1 Å². The highest BCUT2D eigenvalue weighted by Crippen LogP contribution is 2.28. The number of halogens is 2. The van der Waals surface area contributed by atoms with Crippen molar-refractivity contribution in [2.45, 2.75) is 13.0 Å². The van der Waals surface area contributed by atoms with Gasteiger partial charge >= 0.3 is 0 Å². The number of primary sulfonamides is 1. The molecular weight excluding hydrogens is 323 g/mol. The number of sulfonamides is 1. The first-order valence-corrected chi connectivity index (χ1v) is 8.44. The first-order valence-electron chi connectivity index (χ1n) is 5.97. The van der Waals surface area contributed by atoms with E-state index in [-0.39, 0.29) is 24.0 Å². The van der Waals surface area contributed by atoms with E-state index in [1.54, 1.807) is 23.1 Å². The third kappa shape index (κ3) is 3.85. The van der Waals surface area contributed by atoms with Gasteiger partial charge in [0.25, 0.3) is 0 Å². The van der Waals surface area contributed by atoms with Gasteiger partial charge in [-0.3, -0.25) is 4.79 Å². The molecule has 8 heteroatoms. The van der Waals surface area contributed by atoms with Crippen molar-refractivity contribution in [1.29, 1.82) is 0 Å². The van der Waals surface area contributed by atoms with Crippen LogP contribution in [0.1, 0.15) is 12.0 Å². The monoisotopic (exact) mass is 336 g/mol. The molecule has 1 unspecified atom stereocenters. The number of nitrogens with two attached hydrogens (primary N) is 1. The van der Waals surface area contributed by atoms with Gasteiger partial charge in [-0.1, -0.05) is 35.3 Å². The molecule has 2 rings (SSSR count). The number of hydrogen-bond acceptors (Lipinski definition) is 3. The zero-order chi connectivity index (χ0) is 14.9. The molecule has 110 valence electrons. The Kier molecular flexibility index (Phi) is 4.59. The van der Waals surface area contributed by atoms with Gasteiger partial charge in [0.1, 0.15) is 0 Å². The molecule has 0 aromatic heterocycles. The van der Waals surface area contributed by atoms with Crippen molar-refractivity contribution >= 4 is 39.1 Å². The van der Waals surface area contributed by atoms with E-state index in [4.69, 9.17) is 28.3 Å². The maximum Gasteiger partial charge on any atom is 0.223 e. The van der Waals surface area contributed by atoms with Crippen LogP contribution in [0.3, 0.4) is 0 Å². The van der Waals surface area contributed by atoms with Gasteiger partial charge in [0.05, 0.1) is 15.8 Å². The molecule has 0 bridgehead atoms. The summed E-state index contributed by atoms with van der Waals surface area (Å²) in [5.41, 5.74) is 0.740. The number of carbonyl (C=O) groups excluding carboxylic acids is 1. The van der Waals surface area contributed by atoms with Crippen molar-refractivity contribution in [3.63, 3.8) is 0 Å². The maximum absolute atomic E-state index is 11.9. The Bertz CT molecular complexity index is 634. The lowest BCUT2D eigenvalue weighted by Crippen LogP contribution is -2.27. The molecule has 1 fully saturated rings. The van der Waals surface area contributed by atoms with Gasteiger partial charge in [-0.25, -0.2) is 13.6 Å². The third-order valence-electron chi connectivity index (χ3n) is 3.16. The average Bonchev–Trinajstić information content (AvgIpc) is 2.63. The normalized spacial score (nSPS) is 19.6. The van der Waals surface area contributed by atoms with Crippen molar-refractivity contribution in [2.24, 2.45) is 11.1 Å². The second-order valence-corrected chi connectivity index (χ2v) is 7.33. The van der Waals surface area contributed by atoms with Crippen LogP contribution in [-0.2, 0) is 21.4 Å². The van der Waals surface area contributed by atoms with Crippen molar-refractivity contribution in [1.82, 2.24) is 4.90 Å². The Hall–Kier alpha value is -0.820. The fraction of sp³-hybridized carbons (Fsp3) is 0.417. The van der Waals surface area contributed by atoms with Gasteiger partial charge in [0.15, 0.2) is 0 Å². The van der Waals surface area contributed by atoms with Gasteiger partial charge < -0.3 is 4.90 Å². The molecular formula is C12H14Cl2N2O3S. The van der Waals surface area contributed by atoms with Gasteiger partial charge in [-0.15, -0.1) is 0 Å². The molecule has 1 aliphatic rings. The molecule has 5 nitrogen and oxygen atoms in total. The molecule has 0 spiro atoms. The first-order chi connectivity index (χ1) is 9.26. The van der Waals surface area contributed by atoms with Crippen LogP contribution in [-0.4, -0.2) is 31.5 Å². The number of carbonyl (C=O) groups is 1. The second-order valence-electron chi connectivity index (χ2n) is 4.89. The highest BCUT2D eigenvalue weighted by molar-refractivity contribution is 7.89. The Morgan fingerprint density at radius 3 is 2.70 bits per heavy atom. The van der Waals surface area contributed by atoms with E-state index in [0.717, 1.165) is 5.56 Å². The Balaban J connectivity index is 2.07. The van der Waals surface area contributed by atoms with Crippen LogP contribution < -0.4 is 5.14 Å². The lowest BCUT2D eigenvalue weighted by molar-refractivity contribution is -0.128. The molecule has 1 atom stereocenters. The van der Waals surface area contributed by atoms with Crippen molar-refractivity contribution < 1.29 is 13.2 Å². The quantitative estimate of drug-likeness (QED) is 0.907. The fourth-order valence-electron chi connectivity index (χ4n) is 2.32. The summed E-state index contributed by atoms with van der Waals surface area (Å²) in [5, 5.41) is 5.85. The highest BCUT2D eigenvalue weighted by atomic mass is 35.5. The number of benzene rings is 1. The fourth-order valence-corrected chi connectivity index (χ4v) is 3.58. The minimum atomic E-state index is -3.57. The summed E-state index contributed by atoms with van der Waals surface area (Å²) in [6, 6.07) is 5.21. The van der Waals surface area contributed by atoms with Crippen LogP contribution in [0, 0.1) is 5.92 Å². The molecule has 1 saturated heterocycles. The van der Waals surface area contributed by atoms with Gasteiger partial charge in [-0.05, 0) is 11.6 Å². The number of rotatable bonds is 4. The molecule has 20 heavy (non-hydrogen) atoms. The van der Waals surface area contributed by atoms with Gasteiger partial charge in [0, 0.05) is 25.4 Å². The minimum Gasteiger partial charge on any atom is -0.338 e. The molecule has 2 N–H and O–H groups in total. The van der Waals surface area contributed by atoms with Crippen LogP contribution in [0.4, 0.5) is 0 Å². The predicted octanol–water partition coefficient (Wildman–Crippen LogP) is 1.63. The molecule has 0 saturated carbocycles. The van der Waals surface area contributed by atoms with Crippen LogP contribution in [0.2, 0.25) is 10.0 Å². The minimum absolute atomic E-state index is 0.102. The summed E-state index contributed by atoms with van der Waals surface area (Å²) in [4.78, 5) is 13.5. The molecule has 1 aliphatic heterocycles. The topological polar surface area (TPSA) is 80.5 Å². The van der Waals surface area contributed by atoms with E-state index < -0.39 is 10.0 Å². The number of nitrogens with zero attached hydrogens (tertiary/aromatic N) is 1. The molecule has 1 aromatic carbocycles. The van der Waals surface area contributed by atoms with E-state index in [9.17, 15) is 13.2 Å². The number of amides is 1. The van der Waals surface area contributed by atoms with Crippen LogP contribution >= 0.6 is 23.2 Å². The lowest BCUT2D eigenvalue weighted by atomic mass is 10.1. The standard InChI is InChI=1S/C12H14Cl2N2O3S/c13-10-3-1-2-9(12(10)14)6-16-5-8(4-11(16)17)7-20(15,18)19/h1-3,8H,4-7H2,(H2,15,18,19). The van der Waals surface area contributed by atoms with E-state index in [1.165, 1.54) is 0 Å². The zero-order valence-electron chi connectivity index (χ0n) is 10.6. The zero-order valence-corrected chi connectivity index (χ0v) is 12.9. The summed E-state index contributed by atoms with van der Waals surface area (Å²) >= 11 is 12.0. The van der Waals surface area contributed by atoms with Crippen molar-refractivity contribution in [3.05, 3.63) is 33.8 Å².